The van der Waals surface area contributed by atoms with Gasteiger partial charge in [0.05, 0.1) is 17.4 Å². The van der Waals surface area contributed by atoms with Gasteiger partial charge in [0.15, 0.2) is 5.60 Å². The van der Waals surface area contributed by atoms with Crippen LogP contribution in [0.1, 0.15) is 31.9 Å². The number of nitro benzene ring substituents is 1. The average molecular weight is 334 g/mol. The lowest BCUT2D eigenvalue weighted by atomic mass is 9.99. The highest BCUT2D eigenvalue weighted by Crippen LogP contribution is 2.34. The number of carbonyl (C=O) groups is 1. The highest BCUT2D eigenvalue weighted by atomic mass is 19.4. The number of carbonyl (C=O) groups excluding carboxylic acids is 1. The Morgan fingerprint density at radius 2 is 2.00 bits per heavy atom. The maximum Gasteiger partial charge on any atom is 0.417 e. The predicted octanol–water partition coefficient (Wildman–Crippen LogP) is 2.82. The fourth-order valence-corrected chi connectivity index (χ4v) is 1.86. The molecule has 0 aliphatic heterocycles. The fourth-order valence-electron chi connectivity index (χ4n) is 1.86. The van der Waals surface area contributed by atoms with E-state index in [1.807, 2.05) is 0 Å². The molecule has 1 rings (SSSR count). The maximum atomic E-state index is 12.6. The van der Waals surface area contributed by atoms with Crippen LogP contribution in [0, 0.1) is 10.1 Å². The Bertz CT molecular complexity index is 602. The van der Waals surface area contributed by atoms with Gasteiger partial charge in [-0.1, -0.05) is 12.1 Å². The minimum atomic E-state index is -4.93. The van der Waals surface area contributed by atoms with Gasteiger partial charge in [-0.25, -0.2) is 0 Å². The first-order chi connectivity index (χ1) is 10.4. The molecule has 0 aromatic heterocycles. The molecular weight excluding hydrogens is 317 g/mol. The molecule has 0 saturated carbocycles. The first-order valence-electron chi connectivity index (χ1n) is 6.66. The van der Waals surface area contributed by atoms with Crippen molar-refractivity contribution in [3.05, 3.63) is 39.9 Å². The molecule has 128 valence electrons. The second kappa shape index (κ2) is 6.53. The lowest BCUT2D eigenvalue weighted by Gasteiger charge is -2.30. The van der Waals surface area contributed by atoms with Crippen LogP contribution in [0.5, 0.6) is 0 Å². The van der Waals surface area contributed by atoms with E-state index in [2.05, 4.69) is 0 Å². The zero-order chi connectivity index (χ0) is 18.0. The Balaban J connectivity index is 2.92. The van der Waals surface area contributed by atoms with Crippen LogP contribution in [0.3, 0.4) is 0 Å². The van der Waals surface area contributed by atoms with Crippen molar-refractivity contribution in [1.82, 2.24) is 4.90 Å². The number of halogens is 3. The molecule has 0 heterocycles. The first kappa shape index (κ1) is 18.9. The molecule has 6 nitrogen and oxygen atoms in total. The number of amides is 1. The lowest BCUT2D eigenvalue weighted by molar-refractivity contribution is -0.384. The molecule has 0 unspecified atom stereocenters. The quantitative estimate of drug-likeness (QED) is 0.663. The third-order valence-corrected chi connectivity index (χ3v) is 3.64. The van der Waals surface area contributed by atoms with E-state index >= 15 is 0 Å². The van der Waals surface area contributed by atoms with Gasteiger partial charge in [0.2, 0.25) is 5.91 Å². The molecule has 0 aliphatic carbocycles. The highest BCUT2D eigenvalue weighted by molar-refractivity contribution is 5.77. The van der Waals surface area contributed by atoms with Crippen molar-refractivity contribution < 1.29 is 28.0 Å². The number of rotatable bonds is 5. The summed E-state index contributed by atoms with van der Waals surface area (Å²) in [4.78, 5) is 23.1. The summed E-state index contributed by atoms with van der Waals surface area (Å²) in [6.45, 7) is 2.05. The van der Waals surface area contributed by atoms with Crippen LogP contribution in [0.2, 0.25) is 0 Å². The van der Waals surface area contributed by atoms with E-state index in [0.29, 0.717) is 12.5 Å². The molecular formula is C14H17F3N2O4. The molecule has 0 spiro atoms. The van der Waals surface area contributed by atoms with Crippen LogP contribution < -0.4 is 0 Å². The van der Waals surface area contributed by atoms with Crippen LogP contribution in [0.4, 0.5) is 18.9 Å². The topological polar surface area (TPSA) is 83.7 Å². The molecule has 2 atom stereocenters. The summed E-state index contributed by atoms with van der Waals surface area (Å²) in [5.74, 6) is -0.925. The zero-order valence-corrected chi connectivity index (χ0v) is 12.8. The Morgan fingerprint density at radius 1 is 1.43 bits per heavy atom. The average Bonchev–Trinajstić information content (AvgIpc) is 2.44. The van der Waals surface area contributed by atoms with Crippen LogP contribution in [0.15, 0.2) is 24.3 Å². The van der Waals surface area contributed by atoms with Crippen molar-refractivity contribution in [2.24, 2.45) is 0 Å². The monoisotopic (exact) mass is 334 g/mol. The third-order valence-electron chi connectivity index (χ3n) is 3.64. The molecule has 0 radical (unpaired) electrons. The molecule has 0 aliphatic rings. The molecule has 1 amide bonds. The Labute approximate surface area is 130 Å². The summed E-state index contributed by atoms with van der Waals surface area (Å²) in [5, 5.41) is 20.1. The molecule has 1 aromatic rings. The van der Waals surface area contributed by atoms with Crippen molar-refractivity contribution in [1.29, 1.82) is 0 Å². The van der Waals surface area contributed by atoms with E-state index in [9.17, 15) is 33.2 Å². The van der Waals surface area contributed by atoms with Gasteiger partial charge in [0.1, 0.15) is 0 Å². The van der Waals surface area contributed by atoms with Crippen LogP contribution in [-0.4, -0.2) is 39.7 Å². The second-order valence-corrected chi connectivity index (χ2v) is 5.48. The van der Waals surface area contributed by atoms with Crippen LogP contribution in [-0.2, 0) is 4.79 Å². The molecule has 0 fully saturated rings. The Hall–Kier alpha value is -2.16. The number of non-ortho nitro benzene ring substituents is 1. The molecule has 9 heteroatoms. The summed E-state index contributed by atoms with van der Waals surface area (Å²) in [6.07, 6.45) is -6.06. The van der Waals surface area contributed by atoms with E-state index in [4.69, 9.17) is 0 Å². The maximum absolute atomic E-state index is 12.6. The number of nitro groups is 1. The number of hydrogen-bond donors (Lipinski definition) is 1. The Morgan fingerprint density at radius 3 is 2.48 bits per heavy atom. The zero-order valence-electron chi connectivity index (χ0n) is 12.8. The van der Waals surface area contributed by atoms with E-state index < -0.39 is 35.1 Å². The number of hydrogen-bond acceptors (Lipinski definition) is 4. The van der Waals surface area contributed by atoms with Crippen LogP contribution >= 0.6 is 0 Å². The number of alkyl halides is 3. The van der Waals surface area contributed by atoms with Gasteiger partial charge in [-0.3, -0.25) is 14.9 Å². The van der Waals surface area contributed by atoms with Gasteiger partial charge in [0.25, 0.3) is 5.69 Å². The van der Waals surface area contributed by atoms with Crippen LogP contribution in [0.25, 0.3) is 0 Å². The van der Waals surface area contributed by atoms with Crippen molar-refractivity contribution in [2.45, 2.75) is 38.1 Å². The number of aliphatic hydroxyl groups is 1. The van der Waals surface area contributed by atoms with E-state index in [-0.39, 0.29) is 5.69 Å². The number of benzene rings is 1. The van der Waals surface area contributed by atoms with Crippen molar-refractivity contribution in [3.8, 4) is 0 Å². The van der Waals surface area contributed by atoms with Gasteiger partial charge in [-0.05, 0) is 19.4 Å². The normalized spacial score (nSPS) is 15.6. The summed E-state index contributed by atoms with van der Waals surface area (Å²) in [6, 6.07) is 4.78. The van der Waals surface area contributed by atoms with Gasteiger partial charge < -0.3 is 10.0 Å². The predicted molar refractivity (Wildman–Crippen MR) is 75.6 cm³/mol. The smallest absolute Gasteiger partial charge is 0.380 e. The standard InChI is InChI=1S/C14H17F3N2O4/c1-9(10-5-4-6-11(7-10)19(22)23)18(3)12(20)8-13(2,21)14(15,16)17/h4-7,9,21H,8H2,1-3H3/t9-,13+/m0/s1. The van der Waals surface area contributed by atoms with Gasteiger partial charge >= 0.3 is 6.18 Å². The minimum absolute atomic E-state index is 0.183. The minimum Gasteiger partial charge on any atom is -0.380 e. The van der Waals surface area contributed by atoms with Gasteiger partial charge in [-0.2, -0.15) is 13.2 Å². The summed E-state index contributed by atoms with van der Waals surface area (Å²) in [7, 11) is 1.28. The summed E-state index contributed by atoms with van der Waals surface area (Å²) in [5.41, 5.74) is -2.92. The van der Waals surface area contributed by atoms with Crippen molar-refractivity contribution in [2.75, 3.05) is 7.05 Å². The molecule has 0 saturated heterocycles. The van der Waals surface area contributed by atoms with E-state index in [1.165, 1.54) is 38.2 Å². The van der Waals surface area contributed by atoms with Crippen molar-refractivity contribution in [3.63, 3.8) is 0 Å². The number of nitrogens with zero attached hydrogens (tertiary/aromatic N) is 2. The first-order valence-corrected chi connectivity index (χ1v) is 6.66. The molecule has 0 bridgehead atoms. The molecule has 1 aromatic carbocycles. The third kappa shape index (κ3) is 4.41. The highest BCUT2D eigenvalue weighted by Gasteiger charge is 2.51. The van der Waals surface area contributed by atoms with E-state index in [0.717, 1.165) is 4.90 Å². The lowest BCUT2D eigenvalue weighted by Crippen LogP contribution is -2.46. The molecule has 23 heavy (non-hydrogen) atoms. The fraction of sp³-hybridized carbons (Fsp3) is 0.500. The Kier molecular flexibility index (Phi) is 5.36. The van der Waals surface area contributed by atoms with Crippen molar-refractivity contribution >= 4 is 11.6 Å². The van der Waals surface area contributed by atoms with Gasteiger partial charge in [0, 0.05) is 19.2 Å². The van der Waals surface area contributed by atoms with Gasteiger partial charge in [-0.15, -0.1) is 0 Å². The van der Waals surface area contributed by atoms with E-state index in [1.54, 1.807) is 0 Å². The molecule has 1 N–H and O–H groups in total. The summed E-state index contributed by atoms with van der Waals surface area (Å²) < 4.78 is 37.9. The SMILES string of the molecule is C[C@@H](c1cccc([N+](=O)[O-])c1)N(C)C(=O)C[C@@](C)(O)C(F)(F)F. The summed E-state index contributed by atoms with van der Waals surface area (Å²) >= 11 is 0. The largest absolute Gasteiger partial charge is 0.417 e. The second-order valence-electron chi connectivity index (χ2n) is 5.48.